The van der Waals surface area contributed by atoms with Gasteiger partial charge in [-0.3, -0.25) is 0 Å². The number of carboxylic acid groups (broad SMARTS) is 1. The standard InChI is InChI=1S/C15H12ClFO3/c1-9-3-2-4-12(15(18)19)14(9)20-8-10-7-11(16)5-6-13(10)17/h2-7H,8H2,1H3,(H,18,19). The van der Waals surface area contributed by atoms with Crippen molar-refractivity contribution in [3.63, 3.8) is 0 Å². The van der Waals surface area contributed by atoms with E-state index in [9.17, 15) is 9.18 Å². The average Bonchev–Trinajstić information content (AvgIpc) is 2.40. The molecule has 1 N–H and O–H groups in total. The lowest BCUT2D eigenvalue weighted by Crippen LogP contribution is -2.06. The molecule has 0 aliphatic heterocycles. The van der Waals surface area contributed by atoms with Crippen molar-refractivity contribution in [1.82, 2.24) is 0 Å². The van der Waals surface area contributed by atoms with Gasteiger partial charge in [-0.25, -0.2) is 9.18 Å². The Balaban J connectivity index is 2.27. The Kier molecular flexibility index (Phi) is 4.25. The minimum Gasteiger partial charge on any atom is -0.488 e. The molecule has 0 aromatic heterocycles. The lowest BCUT2D eigenvalue weighted by atomic mass is 10.1. The fourth-order valence-electron chi connectivity index (χ4n) is 1.82. The molecule has 0 spiro atoms. The van der Waals surface area contributed by atoms with Gasteiger partial charge in [0.2, 0.25) is 0 Å². The number of ether oxygens (including phenoxy) is 1. The fraction of sp³-hybridized carbons (Fsp3) is 0.133. The molecule has 5 heteroatoms. The Morgan fingerprint density at radius 2 is 2.10 bits per heavy atom. The van der Waals surface area contributed by atoms with E-state index in [-0.39, 0.29) is 23.5 Å². The van der Waals surface area contributed by atoms with Crippen LogP contribution in [0.2, 0.25) is 5.02 Å². The molecule has 0 bridgehead atoms. The van der Waals surface area contributed by atoms with Crippen molar-refractivity contribution in [2.24, 2.45) is 0 Å². The summed E-state index contributed by atoms with van der Waals surface area (Å²) in [6.07, 6.45) is 0. The van der Waals surface area contributed by atoms with Crippen LogP contribution in [-0.2, 0) is 6.61 Å². The molecule has 104 valence electrons. The number of hydrogen-bond acceptors (Lipinski definition) is 2. The zero-order chi connectivity index (χ0) is 14.7. The molecule has 0 aliphatic carbocycles. The number of aryl methyl sites for hydroxylation is 1. The third-order valence-electron chi connectivity index (χ3n) is 2.82. The van der Waals surface area contributed by atoms with Crippen LogP contribution in [0.15, 0.2) is 36.4 Å². The molecule has 0 aliphatic rings. The van der Waals surface area contributed by atoms with Gasteiger partial charge in [0.05, 0.1) is 0 Å². The number of carboxylic acids is 1. The Bertz CT molecular complexity index is 656. The number of hydrogen-bond donors (Lipinski definition) is 1. The van der Waals surface area contributed by atoms with E-state index in [2.05, 4.69) is 0 Å². The number of carbonyl (C=O) groups is 1. The lowest BCUT2D eigenvalue weighted by molar-refractivity contribution is 0.0691. The quantitative estimate of drug-likeness (QED) is 0.925. The largest absolute Gasteiger partial charge is 0.488 e. The normalized spacial score (nSPS) is 10.3. The van der Waals surface area contributed by atoms with Crippen LogP contribution in [0, 0.1) is 12.7 Å². The summed E-state index contributed by atoms with van der Waals surface area (Å²) >= 11 is 5.80. The first kappa shape index (κ1) is 14.3. The molecular formula is C15H12ClFO3. The van der Waals surface area contributed by atoms with E-state index in [1.807, 2.05) is 0 Å². The number of para-hydroxylation sites is 1. The van der Waals surface area contributed by atoms with Crippen LogP contribution in [-0.4, -0.2) is 11.1 Å². The second-order valence-corrected chi connectivity index (χ2v) is 4.72. The summed E-state index contributed by atoms with van der Waals surface area (Å²) in [6.45, 7) is 1.65. The third-order valence-corrected chi connectivity index (χ3v) is 3.06. The summed E-state index contributed by atoms with van der Waals surface area (Å²) in [5, 5.41) is 9.51. The van der Waals surface area contributed by atoms with Crippen molar-refractivity contribution in [1.29, 1.82) is 0 Å². The Morgan fingerprint density at radius 1 is 1.35 bits per heavy atom. The van der Waals surface area contributed by atoms with Gasteiger partial charge >= 0.3 is 5.97 Å². The summed E-state index contributed by atoms with van der Waals surface area (Å²) in [7, 11) is 0. The topological polar surface area (TPSA) is 46.5 Å². The molecule has 2 aromatic rings. The summed E-state index contributed by atoms with van der Waals surface area (Å²) < 4.78 is 19.0. The van der Waals surface area contributed by atoms with Crippen LogP contribution in [0.3, 0.4) is 0 Å². The average molecular weight is 295 g/mol. The summed E-state index contributed by atoms with van der Waals surface area (Å²) in [4.78, 5) is 11.1. The van der Waals surface area contributed by atoms with Gasteiger partial charge in [-0.2, -0.15) is 0 Å². The SMILES string of the molecule is Cc1cccc(C(=O)O)c1OCc1cc(Cl)ccc1F. The highest BCUT2D eigenvalue weighted by atomic mass is 35.5. The molecule has 0 heterocycles. The van der Waals surface area contributed by atoms with Gasteiger partial charge in [0.1, 0.15) is 23.7 Å². The Morgan fingerprint density at radius 3 is 2.80 bits per heavy atom. The smallest absolute Gasteiger partial charge is 0.339 e. The molecular weight excluding hydrogens is 283 g/mol. The highest BCUT2D eigenvalue weighted by molar-refractivity contribution is 6.30. The number of halogens is 2. The van der Waals surface area contributed by atoms with E-state index in [1.165, 1.54) is 24.3 Å². The highest BCUT2D eigenvalue weighted by Crippen LogP contribution is 2.25. The monoisotopic (exact) mass is 294 g/mol. The second kappa shape index (κ2) is 5.92. The molecule has 0 fully saturated rings. The first-order valence-electron chi connectivity index (χ1n) is 5.88. The van der Waals surface area contributed by atoms with Crippen molar-refractivity contribution in [3.05, 3.63) is 63.9 Å². The van der Waals surface area contributed by atoms with Crippen molar-refractivity contribution in [3.8, 4) is 5.75 Å². The maximum Gasteiger partial charge on any atom is 0.339 e. The van der Waals surface area contributed by atoms with Gasteiger partial charge in [0.15, 0.2) is 0 Å². The summed E-state index contributed by atoms with van der Waals surface area (Å²) in [6, 6.07) is 8.95. The molecule has 3 nitrogen and oxygen atoms in total. The highest BCUT2D eigenvalue weighted by Gasteiger charge is 2.14. The van der Waals surface area contributed by atoms with Gasteiger partial charge in [-0.15, -0.1) is 0 Å². The molecule has 0 atom stereocenters. The molecule has 0 saturated heterocycles. The van der Waals surface area contributed by atoms with Gasteiger partial charge < -0.3 is 9.84 Å². The predicted octanol–water partition coefficient (Wildman–Crippen LogP) is 4.06. The Hall–Kier alpha value is -2.07. The zero-order valence-electron chi connectivity index (χ0n) is 10.7. The van der Waals surface area contributed by atoms with E-state index < -0.39 is 11.8 Å². The molecule has 2 rings (SSSR count). The first-order valence-corrected chi connectivity index (χ1v) is 6.26. The number of rotatable bonds is 4. The van der Waals surface area contributed by atoms with Crippen molar-refractivity contribution in [2.75, 3.05) is 0 Å². The number of benzene rings is 2. The molecule has 20 heavy (non-hydrogen) atoms. The van der Waals surface area contributed by atoms with Crippen LogP contribution in [0.4, 0.5) is 4.39 Å². The van der Waals surface area contributed by atoms with E-state index >= 15 is 0 Å². The van der Waals surface area contributed by atoms with Crippen molar-refractivity contribution >= 4 is 17.6 Å². The lowest BCUT2D eigenvalue weighted by Gasteiger charge is -2.12. The Labute approximate surface area is 120 Å². The molecule has 0 saturated carbocycles. The minimum atomic E-state index is -1.09. The summed E-state index contributed by atoms with van der Waals surface area (Å²) in [5.74, 6) is -1.30. The van der Waals surface area contributed by atoms with Crippen LogP contribution in [0.25, 0.3) is 0 Å². The molecule has 0 amide bonds. The van der Waals surface area contributed by atoms with E-state index in [1.54, 1.807) is 19.1 Å². The van der Waals surface area contributed by atoms with Crippen molar-refractivity contribution < 1.29 is 19.0 Å². The second-order valence-electron chi connectivity index (χ2n) is 4.28. The minimum absolute atomic E-state index is 0.0486. The maximum absolute atomic E-state index is 13.6. The van der Waals surface area contributed by atoms with Crippen LogP contribution in [0.1, 0.15) is 21.5 Å². The number of aromatic carboxylic acids is 1. The molecule has 0 radical (unpaired) electrons. The van der Waals surface area contributed by atoms with Crippen LogP contribution < -0.4 is 4.74 Å². The van der Waals surface area contributed by atoms with Crippen molar-refractivity contribution in [2.45, 2.75) is 13.5 Å². The first-order chi connectivity index (χ1) is 9.49. The van der Waals surface area contributed by atoms with Gasteiger partial charge in [0, 0.05) is 10.6 Å². The predicted molar refractivity (Wildman–Crippen MR) is 73.9 cm³/mol. The summed E-state index contributed by atoms with van der Waals surface area (Å²) in [5.41, 5.74) is 0.997. The van der Waals surface area contributed by atoms with E-state index in [0.29, 0.717) is 10.6 Å². The van der Waals surface area contributed by atoms with E-state index in [4.69, 9.17) is 21.4 Å². The van der Waals surface area contributed by atoms with Crippen LogP contribution >= 0.6 is 11.6 Å². The van der Waals surface area contributed by atoms with Crippen LogP contribution in [0.5, 0.6) is 5.75 Å². The third kappa shape index (κ3) is 3.08. The van der Waals surface area contributed by atoms with Gasteiger partial charge in [0.25, 0.3) is 0 Å². The maximum atomic E-state index is 13.6. The zero-order valence-corrected chi connectivity index (χ0v) is 11.4. The van der Waals surface area contributed by atoms with Gasteiger partial charge in [-0.05, 0) is 36.8 Å². The molecule has 0 unspecified atom stereocenters. The van der Waals surface area contributed by atoms with E-state index in [0.717, 1.165) is 0 Å². The fourth-order valence-corrected chi connectivity index (χ4v) is 2.01. The van der Waals surface area contributed by atoms with Gasteiger partial charge in [-0.1, -0.05) is 23.7 Å². The molecule has 2 aromatic carbocycles.